The molecule has 4 heteroatoms. The van der Waals surface area contributed by atoms with Gasteiger partial charge >= 0.3 is 0 Å². The van der Waals surface area contributed by atoms with Crippen LogP contribution < -0.4 is 14.8 Å². The molecular formula is C21H27NO3. The van der Waals surface area contributed by atoms with E-state index in [-0.39, 0.29) is 5.91 Å². The minimum Gasteiger partial charge on any atom is -0.494 e. The van der Waals surface area contributed by atoms with Gasteiger partial charge in [0.15, 0.2) is 0 Å². The summed E-state index contributed by atoms with van der Waals surface area (Å²) in [6, 6.07) is 14.7. The Hall–Kier alpha value is -2.49. The van der Waals surface area contributed by atoms with Crippen LogP contribution in [0.15, 0.2) is 48.5 Å². The molecule has 2 aromatic carbocycles. The van der Waals surface area contributed by atoms with Gasteiger partial charge < -0.3 is 14.8 Å². The average Bonchev–Trinajstić information content (AvgIpc) is 2.61. The van der Waals surface area contributed by atoms with Crippen LogP contribution in [0.3, 0.4) is 0 Å². The first-order valence-electron chi connectivity index (χ1n) is 8.85. The van der Waals surface area contributed by atoms with Gasteiger partial charge in [0.25, 0.3) is 5.91 Å². The first kappa shape index (κ1) is 18.8. The third-order valence-electron chi connectivity index (χ3n) is 3.56. The van der Waals surface area contributed by atoms with E-state index in [0.717, 1.165) is 30.0 Å². The Morgan fingerprint density at radius 2 is 1.80 bits per heavy atom. The fourth-order valence-corrected chi connectivity index (χ4v) is 2.16. The monoisotopic (exact) mass is 341 g/mol. The lowest BCUT2D eigenvalue weighted by Gasteiger charge is -2.10. The quantitative estimate of drug-likeness (QED) is 0.641. The maximum atomic E-state index is 12.4. The maximum absolute atomic E-state index is 12.4. The number of ether oxygens (including phenoxy) is 2. The van der Waals surface area contributed by atoms with Crippen molar-refractivity contribution < 1.29 is 14.3 Å². The number of carbonyl (C=O) groups excluding carboxylic acids is 1. The standard InChI is InChI=1S/C21H27NO3/c1-4-5-13-24-20-8-6-7-17(14-20)21(23)22-18-9-11-19(12-10-18)25-15-16(2)3/h6-12,14,16H,4-5,13,15H2,1-3H3,(H,22,23). The van der Waals surface area contributed by atoms with Crippen LogP contribution in [-0.4, -0.2) is 19.1 Å². The second-order valence-corrected chi connectivity index (χ2v) is 6.41. The van der Waals surface area contributed by atoms with E-state index in [0.29, 0.717) is 24.7 Å². The van der Waals surface area contributed by atoms with Crippen LogP contribution in [0, 0.1) is 5.92 Å². The van der Waals surface area contributed by atoms with Crippen LogP contribution in [0.2, 0.25) is 0 Å². The van der Waals surface area contributed by atoms with Gasteiger partial charge in [-0.3, -0.25) is 4.79 Å². The number of unbranched alkanes of at least 4 members (excludes halogenated alkanes) is 1. The van der Waals surface area contributed by atoms with Gasteiger partial charge in [-0.15, -0.1) is 0 Å². The fourth-order valence-electron chi connectivity index (χ4n) is 2.16. The molecule has 0 heterocycles. The number of nitrogens with one attached hydrogen (secondary N) is 1. The lowest BCUT2D eigenvalue weighted by atomic mass is 10.2. The van der Waals surface area contributed by atoms with Crippen molar-refractivity contribution >= 4 is 11.6 Å². The summed E-state index contributed by atoms with van der Waals surface area (Å²) in [6.07, 6.45) is 2.08. The van der Waals surface area contributed by atoms with Gasteiger partial charge in [0.1, 0.15) is 11.5 Å². The summed E-state index contributed by atoms with van der Waals surface area (Å²) < 4.78 is 11.3. The molecule has 0 radical (unpaired) electrons. The number of rotatable bonds is 9. The molecule has 0 aliphatic carbocycles. The molecule has 4 nitrogen and oxygen atoms in total. The predicted molar refractivity (Wildman–Crippen MR) is 102 cm³/mol. The molecule has 0 bridgehead atoms. The summed E-state index contributed by atoms with van der Waals surface area (Å²) in [7, 11) is 0. The molecule has 0 spiro atoms. The number of benzene rings is 2. The first-order valence-corrected chi connectivity index (χ1v) is 8.85. The predicted octanol–water partition coefficient (Wildman–Crippen LogP) is 5.15. The van der Waals surface area contributed by atoms with Crippen LogP contribution >= 0.6 is 0 Å². The first-order chi connectivity index (χ1) is 12.1. The average molecular weight is 341 g/mol. The second-order valence-electron chi connectivity index (χ2n) is 6.41. The van der Waals surface area contributed by atoms with E-state index >= 15 is 0 Å². The lowest BCUT2D eigenvalue weighted by Crippen LogP contribution is -2.12. The lowest BCUT2D eigenvalue weighted by molar-refractivity contribution is 0.102. The third kappa shape index (κ3) is 6.49. The van der Waals surface area contributed by atoms with Crippen LogP contribution in [0.25, 0.3) is 0 Å². The van der Waals surface area contributed by atoms with E-state index < -0.39 is 0 Å². The van der Waals surface area contributed by atoms with E-state index in [1.54, 1.807) is 12.1 Å². The van der Waals surface area contributed by atoms with Gasteiger partial charge in [-0.25, -0.2) is 0 Å². The molecule has 134 valence electrons. The molecule has 0 saturated carbocycles. The van der Waals surface area contributed by atoms with Gasteiger partial charge in [0, 0.05) is 11.3 Å². The Balaban J connectivity index is 1.93. The second kappa shape index (κ2) is 9.72. The minimum absolute atomic E-state index is 0.156. The third-order valence-corrected chi connectivity index (χ3v) is 3.56. The number of hydrogen-bond donors (Lipinski definition) is 1. The van der Waals surface area contributed by atoms with Gasteiger partial charge in [0.05, 0.1) is 13.2 Å². The van der Waals surface area contributed by atoms with Crippen molar-refractivity contribution in [3.8, 4) is 11.5 Å². The van der Waals surface area contributed by atoms with Crippen LogP contribution in [0.4, 0.5) is 5.69 Å². The van der Waals surface area contributed by atoms with Crippen molar-refractivity contribution in [1.82, 2.24) is 0 Å². The summed E-state index contributed by atoms with van der Waals surface area (Å²) in [5.41, 5.74) is 1.31. The largest absolute Gasteiger partial charge is 0.494 e. The van der Waals surface area contributed by atoms with Crippen molar-refractivity contribution in [3.63, 3.8) is 0 Å². The van der Waals surface area contributed by atoms with Crippen LogP contribution in [0.5, 0.6) is 11.5 Å². The summed E-state index contributed by atoms with van der Waals surface area (Å²) in [5.74, 6) is 1.85. The zero-order valence-electron chi connectivity index (χ0n) is 15.2. The summed E-state index contributed by atoms with van der Waals surface area (Å²) in [5, 5.41) is 2.89. The molecule has 0 unspecified atom stereocenters. The van der Waals surface area contributed by atoms with Crippen molar-refractivity contribution in [2.24, 2.45) is 5.92 Å². The van der Waals surface area contributed by atoms with Crippen LogP contribution in [0.1, 0.15) is 44.0 Å². The van der Waals surface area contributed by atoms with Gasteiger partial charge in [-0.05, 0) is 54.8 Å². The minimum atomic E-state index is -0.156. The summed E-state index contributed by atoms with van der Waals surface area (Å²) in [6.45, 7) is 7.67. The highest BCUT2D eigenvalue weighted by molar-refractivity contribution is 6.04. The number of carbonyl (C=O) groups is 1. The van der Waals surface area contributed by atoms with Gasteiger partial charge in [-0.1, -0.05) is 33.3 Å². The molecular weight excluding hydrogens is 314 g/mol. The Labute approximate surface area is 150 Å². The smallest absolute Gasteiger partial charge is 0.255 e. The number of amides is 1. The van der Waals surface area contributed by atoms with E-state index in [4.69, 9.17) is 9.47 Å². The van der Waals surface area contributed by atoms with Gasteiger partial charge in [-0.2, -0.15) is 0 Å². The van der Waals surface area contributed by atoms with Crippen molar-refractivity contribution in [1.29, 1.82) is 0 Å². The highest BCUT2D eigenvalue weighted by atomic mass is 16.5. The number of hydrogen-bond acceptors (Lipinski definition) is 3. The molecule has 0 aliphatic rings. The Morgan fingerprint density at radius 3 is 2.48 bits per heavy atom. The molecule has 0 atom stereocenters. The fraction of sp³-hybridized carbons (Fsp3) is 0.381. The Morgan fingerprint density at radius 1 is 1.04 bits per heavy atom. The summed E-state index contributed by atoms with van der Waals surface area (Å²) in [4.78, 5) is 12.4. The summed E-state index contributed by atoms with van der Waals surface area (Å²) >= 11 is 0. The molecule has 1 amide bonds. The molecule has 2 aromatic rings. The van der Waals surface area contributed by atoms with Crippen molar-refractivity contribution in [3.05, 3.63) is 54.1 Å². The molecule has 0 fully saturated rings. The highest BCUT2D eigenvalue weighted by Crippen LogP contribution is 2.19. The van der Waals surface area contributed by atoms with Crippen LogP contribution in [-0.2, 0) is 0 Å². The van der Waals surface area contributed by atoms with Crippen molar-refractivity contribution in [2.75, 3.05) is 18.5 Å². The van der Waals surface area contributed by atoms with Crippen molar-refractivity contribution in [2.45, 2.75) is 33.6 Å². The Bertz CT molecular complexity index is 665. The maximum Gasteiger partial charge on any atom is 0.255 e. The van der Waals surface area contributed by atoms with E-state index in [1.807, 2.05) is 36.4 Å². The topological polar surface area (TPSA) is 47.6 Å². The zero-order valence-corrected chi connectivity index (χ0v) is 15.2. The normalized spacial score (nSPS) is 10.6. The molecule has 25 heavy (non-hydrogen) atoms. The zero-order chi connectivity index (χ0) is 18.1. The SMILES string of the molecule is CCCCOc1cccc(C(=O)Nc2ccc(OCC(C)C)cc2)c1. The van der Waals surface area contributed by atoms with E-state index in [1.165, 1.54) is 0 Å². The molecule has 0 aliphatic heterocycles. The van der Waals surface area contributed by atoms with E-state index in [2.05, 4.69) is 26.1 Å². The van der Waals surface area contributed by atoms with E-state index in [9.17, 15) is 4.79 Å². The Kier molecular flexibility index (Phi) is 7.33. The molecule has 1 N–H and O–H groups in total. The highest BCUT2D eigenvalue weighted by Gasteiger charge is 2.08. The number of anilines is 1. The molecule has 2 rings (SSSR count). The molecule has 0 aromatic heterocycles. The van der Waals surface area contributed by atoms with Gasteiger partial charge in [0.2, 0.25) is 0 Å². The molecule has 0 saturated heterocycles.